The molecule has 136 valence electrons. The Bertz CT molecular complexity index is 842. The second kappa shape index (κ2) is 8.61. The van der Waals surface area contributed by atoms with Gasteiger partial charge in [0.2, 0.25) is 0 Å². The van der Waals surface area contributed by atoms with E-state index in [1.165, 1.54) is 16.3 Å². The molecule has 0 aliphatic rings. The fourth-order valence-electron chi connectivity index (χ4n) is 2.95. The maximum Gasteiger partial charge on any atom is 0.119 e. The molecule has 3 aromatic carbocycles. The van der Waals surface area contributed by atoms with Crippen LogP contribution in [0.4, 0.5) is 5.69 Å². The summed E-state index contributed by atoms with van der Waals surface area (Å²) in [7, 11) is 1.70. The van der Waals surface area contributed by atoms with Crippen LogP contribution in [-0.2, 0) is 0 Å². The third-order valence-corrected chi connectivity index (χ3v) is 4.58. The zero-order valence-corrected chi connectivity index (χ0v) is 15.8. The first-order chi connectivity index (χ1) is 12.7. The van der Waals surface area contributed by atoms with Crippen molar-refractivity contribution in [3.05, 3.63) is 66.2 Å². The van der Waals surface area contributed by atoms with Gasteiger partial charge in [-0.2, -0.15) is 0 Å². The summed E-state index contributed by atoms with van der Waals surface area (Å²) in [4.78, 5) is 0. The molecule has 0 saturated carbocycles. The lowest BCUT2D eigenvalue weighted by atomic mass is 9.97. The average Bonchev–Trinajstić information content (AvgIpc) is 2.70. The molecule has 0 aromatic heterocycles. The van der Waals surface area contributed by atoms with Gasteiger partial charge >= 0.3 is 0 Å². The molecule has 0 heterocycles. The molecule has 0 radical (unpaired) electrons. The number of hydrogen-bond donors (Lipinski definition) is 1. The molecule has 1 atom stereocenters. The van der Waals surface area contributed by atoms with Gasteiger partial charge in [0.05, 0.1) is 13.7 Å². The summed E-state index contributed by atoms with van der Waals surface area (Å²) in [6.07, 6.45) is 1.02. The number of nitrogens with one attached hydrogen (secondary N) is 1. The van der Waals surface area contributed by atoms with Crippen molar-refractivity contribution in [3.8, 4) is 11.5 Å². The SMILES string of the molecule is CCCOc1ccc(NCC(C)c2ccc3cc(OC)ccc3c2)cc1. The molecule has 0 saturated heterocycles. The minimum atomic E-state index is 0.414. The predicted molar refractivity (Wildman–Crippen MR) is 110 cm³/mol. The van der Waals surface area contributed by atoms with Crippen LogP contribution in [0, 0.1) is 0 Å². The van der Waals surface area contributed by atoms with E-state index in [1.807, 2.05) is 18.2 Å². The molecular formula is C23H27NO2. The van der Waals surface area contributed by atoms with E-state index in [4.69, 9.17) is 9.47 Å². The first kappa shape index (κ1) is 18.1. The Balaban J connectivity index is 1.62. The molecule has 0 bridgehead atoms. The highest BCUT2D eigenvalue weighted by atomic mass is 16.5. The van der Waals surface area contributed by atoms with Crippen molar-refractivity contribution < 1.29 is 9.47 Å². The van der Waals surface area contributed by atoms with Crippen LogP contribution in [0.2, 0.25) is 0 Å². The van der Waals surface area contributed by atoms with Crippen LogP contribution in [0.25, 0.3) is 10.8 Å². The molecule has 3 nitrogen and oxygen atoms in total. The number of anilines is 1. The molecule has 0 fully saturated rings. The molecule has 0 aliphatic heterocycles. The number of hydrogen-bond acceptors (Lipinski definition) is 3. The summed E-state index contributed by atoms with van der Waals surface area (Å²) in [5.41, 5.74) is 2.45. The Hall–Kier alpha value is -2.68. The van der Waals surface area contributed by atoms with Gasteiger partial charge in [-0.25, -0.2) is 0 Å². The normalized spacial score (nSPS) is 12.0. The summed E-state index contributed by atoms with van der Waals surface area (Å²) >= 11 is 0. The second-order valence-electron chi connectivity index (χ2n) is 6.63. The Kier molecular flexibility index (Phi) is 6.00. The fourth-order valence-corrected chi connectivity index (χ4v) is 2.95. The Morgan fingerprint density at radius 3 is 2.31 bits per heavy atom. The Morgan fingerprint density at radius 1 is 0.885 bits per heavy atom. The van der Waals surface area contributed by atoms with Gasteiger partial charge in [0, 0.05) is 12.2 Å². The molecule has 0 spiro atoms. The third-order valence-electron chi connectivity index (χ3n) is 4.58. The van der Waals surface area contributed by atoms with Gasteiger partial charge in [0.15, 0.2) is 0 Å². The van der Waals surface area contributed by atoms with E-state index in [9.17, 15) is 0 Å². The number of ether oxygens (including phenoxy) is 2. The highest BCUT2D eigenvalue weighted by molar-refractivity contribution is 5.84. The van der Waals surface area contributed by atoms with E-state index in [2.05, 4.69) is 61.6 Å². The maximum atomic E-state index is 5.63. The summed E-state index contributed by atoms with van der Waals surface area (Å²) in [5.74, 6) is 2.24. The van der Waals surface area contributed by atoms with Crippen LogP contribution in [0.15, 0.2) is 60.7 Å². The maximum absolute atomic E-state index is 5.63. The molecular weight excluding hydrogens is 322 g/mol. The average molecular weight is 349 g/mol. The van der Waals surface area contributed by atoms with Crippen molar-refractivity contribution in [1.82, 2.24) is 0 Å². The summed E-state index contributed by atoms with van der Waals surface area (Å²) in [5, 5.41) is 5.96. The lowest BCUT2D eigenvalue weighted by Crippen LogP contribution is -2.09. The van der Waals surface area contributed by atoms with Crippen molar-refractivity contribution in [3.63, 3.8) is 0 Å². The smallest absolute Gasteiger partial charge is 0.119 e. The summed E-state index contributed by atoms with van der Waals surface area (Å²) < 4.78 is 10.9. The molecule has 0 amide bonds. The van der Waals surface area contributed by atoms with Crippen molar-refractivity contribution >= 4 is 16.5 Å². The van der Waals surface area contributed by atoms with Crippen molar-refractivity contribution in [2.24, 2.45) is 0 Å². The summed E-state index contributed by atoms with van der Waals surface area (Å²) in [6.45, 7) is 6.01. The first-order valence-electron chi connectivity index (χ1n) is 9.24. The van der Waals surface area contributed by atoms with Gasteiger partial charge in [-0.15, -0.1) is 0 Å². The van der Waals surface area contributed by atoms with Gasteiger partial charge < -0.3 is 14.8 Å². The third kappa shape index (κ3) is 4.48. The van der Waals surface area contributed by atoms with Crippen LogP contribution < -0.4 is 14.8 Å². The van der Waals surface area contributed by atoms with Gasteiger partial charge in [-0.3, -0.25) is 0 Å². The topological polar surface area (TPSA) is 30.5 Å². The molecule has 3 rings (SSSR count). The molecule has 26 heavy (non-hydrogen) atoms. The molecule has 1 N–H and O–H groups in total. The fraction of sp³-hybridized carbons (Fsp3) is 0.304. The minimum absolute atomic E-state index is 0.414. The summed E-state index contributed by atoms with van der Waals surface area (Å²) in [6, 6.07) is 21.0. The van der Waals surface area contributed by atoms with Crippen molar-refractivity contribution in [2.45, 2.75) is 26.2 Å². The standard InChI is InChI=1S/C23H27NO2/c1-4-13-26-22-11-8-21(9-12-22)24-16-17(2)18-5-6-20-15-23(25-3)10-7-19(20)14-18/h5-12,14-15,17,24H,4,13,16H2,1-3H3. The zero-order chi connectivity index (χ0) is 18.4. The van der Waals surface area contributed by atoms with Crippen molar-refractivity contribution in [1.29, 1.82) is 0 Å². The number of fused-ring (bicyclic) bond motifs is 1. The quantitative estimate of drug-likeness (QED) is 0.553. The Labute approximate surface area is 156 Å². The van der Waals surface area contributed by atoms with Crippen molar-refractivity contribution in [2.75, 3.05) is 25.6 Å². The van der Waals surface area contributed by atoms with Gasteiger partial charge in [0.25, 0.3) is 0 Å². The van der Waals surface area contributed by atoms with E-state index in [1.54, 1.807) is 7.11 Å². The van der Waals surface area contributed by atoms with Crippen LogP contribution in [0.3, 0.4) is 0 Å². The highest BCUT2D eigenvalue weighted by Crippen LogP contribution is 2.25. The Morgan fingerprint density at radius 2 is 1.58 bits per heavy atom. The first-order valence-corrected chi connectivity index (χ1v) is 9.24. The number of methoxy groups -OCH3 is 1. The monoisotopic (exact) mass is 349 g/mol. The zero-order valence-electron chi connectivity index (χ0n) is 15.8. The number of benzene rings is 3. The highest BCUT2D eigenvalue weighted by Gasteiger charge is 2.07. The molecule has 3 aromatic rings. The lowest BCUT2D eigenvalue weighted by Gasteiger charge is -2.15. The number of rotatable bonds is 8. The van der Waals surface area contributed by atoms with Crippen LogP contribution >= 0.6 is 0 Å². The predicted octanol–water partition coefficient (Wildman–Crippen LogP) is 5.85. The van der Waals surface area contributed by atoms with Crippen LogP contribution in [0.5, 0.6) is 11.5 Å². The van der Waals surface area contributed by atoms with E-state index >= 15 is 0 Å². The van der Waals surface area contributed by atoms with Crippen LogP contribution in [-0.4, -0.2) is 20.3 Å². The van der Waals surface area contributed by atoms with Gasteiger partial charge in [-0.05, 0) is 65.1 Å². The van der Waals surface area contributed by atoms with E-state index in [0.29, 0.717) is 5.92 Å². The largest absolute Gasteiger partial charge is 0.497 e. The minimum Gasteiger partial charge on any atom is -0.497 e. The van der Waals surface area contributed by atoms with Gasteiger partial charge in [-0.1, -0.05) is 38.1 Å². The molecule has 0 aliphatic carbocycles. The van der Waals surface area contributed by atoms with E-state index < -0.39 is 0 Å². The lowest BCUT2D eigenvalue weighted by molar-refractivity contribution is 0.317. The van der Waals surface area contributed by atoms with Gasteiger partial charge in [0.1, 0.15) is 11.5 Å². The molecule has 1 unspecified atom stereocenters. The second-order valence-corrected chi connectivity index (χ2v) is 6.63. The van der Waals surface area contributed by atoms with Crippen LogP contribution in [0.1, 0.15) is 31.7 Å². The van der Waals surface area contributed by atoms with E-state index in [0.717, 1.165) is 36.8 Å². The molecule has 3 heteroatoms. The van der Waals surface area contributed by atoms with E-state index in [-0.39, 0.29) is 0 Å².